The van der Waals surface area contributed by atoms with Crippen LogP contribution in [0.5, 0.6) is 5.88 Å². The fourth-order valence-electron chi connectivity index (χ4n) is 1.61. The fourth-order valence-corrected chi connectivity index (χ4v) is 1.61. The molecule has 0 spiro atoms. The van der Waals surface area contributed by atoms with Crippen molar-refractivity contribution < 1.29 is 22.7 Å². The zero-order chi connectivity index (χ0) is 12.5. The number of nitrogens with one attached hydrogen (secondary N) is 1. The summed E-state index contributed by atoms with van der Waals surface area (Å²) in [5.74, 6) is -2.48. The Kier molecular flexibility index (Phi) is 3.01. The van der Waals surface area contributed by atoms with Crippen molar-refractivity contribution in [3.8, 4) is 5.88 Å². The van der Waals surface area contributed by atoms with E-state index in [4.69, 9.17) is 0 Å². The van der Waals surface area contributed by atoms with Crippen LogP contribution in [0.3, 0.4) is 0 Å². The molecule has 0 aromatic carbocycles. The Morgan fingerprint density at radius 1 is 1.47 bits per heavy atom. The maximum Gasteiger partial charge on any atom is 0.491 e. The van der Waals surface area contributed by atoms with Gasteiger partial charge >= 0.3 is 12.1 Å². The number of carbonyl (C=O) groups excluding carboxylic acids is 1. The molecule has 0 atom stereocenters. The molecule has 0 amide bonds. The highest BCUT2D eigenvalue weighted by molar-refractivity contribution is 5.78. The summed E-state index contributed by atoms with van der Waals surface area (Å²) in [7, 11) is 0. The highest BCUT2D eigenvalue weighted by Crippen LogP contribution is 2.25. The van der Waals surface area contributed by atoms with Crippen LogP contribution in [-0.2, 0) is 17.8 Å². The van der Waals surface area contributed by atoms with E-state index in [1.54, 1.807) is 6.07 Å². The van der Waals surface area contributed by atoms with Crippen molar-refractivity contribution in [2.45, 2.75) is 19.1 Å². The third-order valence-corrected chi connectivity index (χ3v) is 2.40. The predicted octanol–water partition coefficient (Wildman–Crippen LogP) is 1.20. The standard InChI is InChI=1S/C10H9F3N2O2/c11-10(12,13)9(16)17-8-7-2-3-14-5-6(7)1-4-15-8/h1,4,14H,2-3,5H2. The molecular weight excluding hydrogens is 237 g/mol. The lowest BCUT2D eigenvalue weighted by Gasteiger charge is -2.18. The van der Waals surface area contributed by atoms with Crippen molar-refractivity contribution in [2.75, 3.05) is 6.54 Å². The second kappa shape index (κ2) is 4.33. The Labute approximate surface area is 94.8 Å². The number of carbonyl (C=O) groups is 1. The molecule has 0 bridgehead atoms. The van der Waals surface area contributed by atoms with Gasteiger partial charge in [-0.2, -0.15) is 13.2 Å². The maximum absolute atomic E-state index is 12.1. The van der Waals surface area contributed by atoms with Gasteiger partial charge in [0, 0.05) is 18.3 Å². The highest BCUT2D eigenvalue weighted by atomic mass is 19.4. The predicted molar refractivity (Wildman–Crippen MR) is 51.3 cm³/mol. The number of hydrogen-bond donors (Lipinski definition) is 1. The van der Waals surface area contributed by atoms with Gasteiger partial charge in [-0.05, 0) is 24.6 Å². The monoisotopic (exact) mass is 246 g/mol. The number of esters is 1. The molecular formula is C10H9F3N2O2. The number of hydrogen-bond acceptors (Lipinski definition) is 4. The van der Waals surface area contributed by atoms with Crippen LogP contribution in [0.25, 0.3) is 0 Å². The first-order valence-electron chi connectivity index (χ1n) is 4.95. The van der Waals surface area contributed by atoms with Crippen LogP contribution >= 0.6 is 0 Å². The summed E-state index contributed by atoms with van der Waals surface area (Å²) < 4.78 is 40.4. The maximum atomic E-state index is 12.1. The van der Waals surface area contributed by atoms with Gasteiger partial charge in [0.25, 0.3) is 0 Å². The Hall–Kier alpha value is -1.63. The first-order chi connectivity index (χ1) is 7.98. The second-order valence-corrected chi connectivity index (χ2v) is 3.57. The summed E-state index contributed by atoms with van der Waals surface area (Å²) >= 11 is 0. The minimum Gasteiger partial charge on any atom is -0.400 e. The summed E-state index contributed by atoms with van der Waals surface area (Å²) in [5, 5.41) is 3.06. The molecule has 1 aliphatic heterocycles. The van der Waals surface area contributed by atoms with E-state index in [2.05, 4.69) is 15.0 Å². The van der Waals surface area contributed by atoms with Gasteiger partial charge in [0.1, 0.15) is 0 Å². The first-order valence-corrected chi connectivity index (χ1v) is 4.95. The molecule has 0 saturated carbocycles. The van der Waals surface area contributed by atoms with E-state index in [0.29, 0.717) is 25.1 Å². The molecule has 0 fully saturated rings. The van der Waals surface area contributed by atoms with Crippen LogP contribution in [0.1, 0.15) is 11.1 Å². The third-order valence-electron chi connectivity index (χ3n) is 2.40. The molecule has 17 heavy (non-hydrogen) atoms. The molecule has 4 nitrogen and oxygen atoms in total. The van der Waals surface area contributed by atoms with Crippen LogP contribution in [-0.4, -0.2) is 23.7 Å². The van der Waals surface area contributed by atoms with Gasteiger partial charge < -0.3 is 10.1 Å². The normalized spacial score (nSPS) is 15.2. The smallest absolute Gasteiger partial charge is 0.400 e. The quantitative estimate of drug-likeness (QED) is 0.756. The van der Waals surface area contributed by atoms with E-state index < -0.39 is 12.1 Å². The van der Waals surface area contributed by atoms with E-state index in [0.717, 1.165) is 5.56 Å². The molecule has 92 valence electrons. The highest BCUT2D eigenvalue weighted by Gasteiger charge is 2.42. The van der Waals surface area contributed by atoms with Gasteiger partial charge in [-0.25, -0.2) is 9.78 Å². The van der Waals surface area contributed by atoms with Crippen molar-refractivity contribution in [1.82, 2.24) is 10.3 Å². The molecule has 1 N–H and O–H groups in total. The van der Waals surface area contributed by atoms with Gasteiger partial charge in [0.2, 0.25) is 5.88 Å². The summed E-state index contributed by atoms with van der Waals surface area (Å²) in [6.45, 7) is 1.16. The van der Waals surface area contributed by atoms with Crippen LogP contribution < -0.4 is 10.1 Å². The Balaban J connectivity index is 2.25. The van der Waals surface area contributed by atoms with E-state index in [1.165, 1.54) is 6.20 Å². The fraction of sp³-hybridized carbons (Fsp3) is 0.400. The summed E-state index contributed by atoms with van der Waals surface area (Å²) in [5.41, 5.74) is 1.36. The Morgan fingerprint density at radius 2 is 2.24 bits per heavy atom. The van der Waals surface area contributed by atoms with Gasteiger partial charge in [-0.3, -0.25) is 0 Å². The number of pyridine rings is 1. The molecule has 1 aromatic rings. The molecule has 2 heterocycles. The summed E-state index contributed by atoms with van der Waals surface area (Å²) in [6.07, 6.45) is -3.19. The molecule has 0 radical (unpaired) electrons. The molecule has 0 unspecified atom stereocenters. The molecule has 7 heteroatoms. The van der Waals surface area contributed by atoms with Crippen LogP contribution in [0.2, 0.25) is 0 Å². The van der Waals surface area contributed by atoms with Gasteiger partial charge in [-0.1, -0.05) is 0 Å². The molecule has 0 saturated heterocycles. The average molecular weight is 246 g/mol. The third kappa shape index (κ3) is 2.55. The number of rotatable bonds is 1. The van der Waals surface area contributed by atoms with Crippen LogP contribution in [0.4, 0.5) is 13.2 Å². The number of nitrogens with zero attached hydrogens (tertiary/aromatic N) is 1. The van der Waals surface area contributed by atoms with Crippen molar-refractivity contribution >= 4 is 5.97 Å². The van der Waals surface area contributed by atoms with E-state index in [9.17, 15) is 18.0 Å². The lowest BCUT2D eigenvalue weighted by molar-refractivity contribution is -0.190. The van der Waals surface area contributed by atoms with Crippen LogP contribution in [0, 0.1) is 0 Å². The second-order valence-electron chi connectivity index (χ2n) is 3.57. The number of halogens is 3. The number of ether oxygens (including phenoxy) is 1. The Bertz CT molecular complexity index is 446. The van der Waals surface area contributed by atoms with Gasteiger partial charge in [-0.15, -0.1) is 0 Å². The first kappa shape index (κ1) is 11.8. The molecule has 2 rings (SSSR count). The molecule has 1 aromatic heterocycles. The summed E-state index contributed by atoms with van der Waals surface area (Å²) in [6, 6.07) is 1.69. The lowest BCUT2D eigenvalue weighted by atomic mass is 10.0. The van der Waals surface area contributed by atoms with Crippen molar-refractivity contribution in [3.05, 3.63) is 23.4 Å². The summed E-state index contributed by atoms with van der Waals surface area (Å²) in [4.78, 5) is 14.4. The average Bonchev–Trinajstić information content (AvgIpc) is 2.28. The SMILES string of the molecule is O=C(Oc1nccc2c1CCNC2)C(F)(F)F. The van der Waals surface area contributed by atoms with E-state index in [1.807, 2.05) is 0 Å². The molecule has 0 aliphatic carbocycles. The van der Waals surface area contributed by atoms with E-state index >= 15 is 0 Å². The zero-order valence-electron chi connectivity index (χ0n) is 8.67. The zero-order valence-corrected chi connectivity index (χ0v) is 8.67. The number of fused-ring (bicyclic) bond motifs is 1. The molecule has 1 aliphatic rings. The van der Waals surface area contributed by atoms with Crippen molar-refractivity contribution in [3.63, 3.8) is 0 Å². The minimum absolute atomic E-state index is 0.244. The van der Waals surface area contributed by atoms with Gasteiger partial charge in [0.05, 0.1) is 0 Å². The number of aromatic nitrogens is 1. The Morgan fingerprint density at radius 3 is 2.94 bits per heavy atom. The lowest BCUT2D eigenvalue weighted by Crippen LogP contribution is -2.30. The van der Waals surface area contributed by atoms with E-state index in [-0.39, 0.29) is 5.88 Å². The minimum atomic E-state index is -5.00. The van der Waals surface area contributed by atoms with Crippen molar-refractivity contribution in [2.24, 2.45) is 0 Å². The van der Waals surface area contributed by atoms with Gasteiger partial charge in [0.15, 0.2) is 0 Å². The largest absolute Gasteiger partial charge is 0.491 e. The van der Waals surface area contributed by atoms with Crippen LogP contribution in [0.15, 0.2) is 12.3 Å². The van der Waals surface area contributed by atoms with Crippen molar-refractivity contribution in [1.29, 1.82) is 0 Å². The number of alkyl halides is 3. The topological polar surface area (TPSA) is 51.2 Å².